The summed E-state index contributed by atoms with van der Waals surface area (Å²) in [6.07, 6.45) is 2.85. The predicted octanol–water partition coefficient (Wildman–Crippen LogP) is 1.48. The number of hydrogen-bond acceptors (Lipinski definition) is 5. The van der Waals surface area contributed by atoms with Gasteiger partial charge < -0.3 is 5.32 Å². The first kappa shape index (κ1) is 18.3. The molecule has 0 unspecified atom stereocenters. The van der Waals surface area contributed by atoms with Crippen LogP contribution >= 0.6 is 0 Å². The van der Waals surface area contributed by atoms with E-state index in [0.717, 1.165) is 12.8 Å². The van der Waals surface area contributed by atoms with Gasteiger partial charge in [0.05, 0.1) is 22.1 Å². The number of hydrogen-bond donors (Lipinski definition) is 2. The maximum atomic E-state index is 12.5. The number of para-hydroxylation sites is 2. The second-order valence-corrected chi connectivity index (χ2v) is 8.36. The van der Waals surface area contributed by atoms with Crippen molar-refractivity contribution in [1.29, 1.82) is 0 Å². The minimum absolute atomic E-state index is 0.00454. The van der Waals surface area contributed by atoms with Crippen LogP contribution in [0.2, 0.25) is 0 Å². The molecule has 2 aromatic carbocycles. The zero-order valence-electron chi connectivity index (χ0n) is 14.8. The summed E-state index contributed by atoms with van der Waals surface area (Å²) in [5.41, 5.74) is 1.11. The monoisotopic (exact) mass is 398 g/mol. The van der Waals surface area contributed by atoms with Crippen molar-refractivity contribution in [2.24, 2.45) is 0 Å². The van der Waals surface area contributed by atoms with E-state index in [0.29, 0.717) is 16.7 Å². The van der Waals surface area contributed by atoms with Gasteiger partial charge in [-0.3, -0.25) is 14.2 Å². The van der Waals surface area contributed by atoms with Crippen LogP contribution < -0.4 is 15.6 Å². The number of anilines is 1. The van der Waals surface area contributed by atoms with Gasteiger partial charge in [-0.05, 0) is 43.2 Å². The summed E-state index contributed by atoms with van der Waals surface area (Å²) in [4.78, 5) is 28.8. The Morgan fingerprint density at radius 2 is 1.93 bits per heavy atom. The average Bonchev–Trinajstić information content (AvgIpc) is 3.48. The molecule has 0 bridgehead atoms. The fourth-order valence-electron chi connectivity index (χ4n) is 2.85. The number of carbonyl (C=O) groups excluding carboxylic acids is 1. The number of fused-ring (bicyclic) bond motifs is 1. The van der Waals surface area contributed by atoms with Crippen molar-refractivity contribution < 1.29 is 13.2 Å². The Hall–Kier alpha value is -3.04. The number of benzene rings is 2. The van der Waals surface area contributed by atoms with Gasteiger partial charge in [0.25, 0.3) is 5.56 Å². The molecule has 1 aliphatic carbocycles. The van der Waals surface area contributed by atoms with Gasteiger partial charge in [-0.25, -0.2) is 18.1 Å². The maximum Gasteiger partial charge on any atom is 0.269 e. The zero-order chi connectivity index (χ0) is 19.7. The molecule has 28 heavy (non-hydrogen) atoms. The Balaban J connectivity index is 1.54. The van der Waals surface area contributed by atoms with Gasteiger partial charge in [-0.2, -0.15) is 0 Å². The van der Waals surface area contributed by atoms with E-state index in [1.807, 2.05) is 0 Å². The van der Waals surface area contributed by atoms with Gasteiger partial charge in [0.1, 0.15) is 6.54 Å². The van der Waals surface area contributed by atoms with Crippen LogP contribution in [0.5, 0.6) is 0 Å². The largest absolute Gasteiger partial charge is 0.324 e. The third-order valence-electron chi connectivity index (χ3n) is 4.38. The average molecular weight is 398 g/mol. The highest BCUT2D eigenvalue weighted by Gasteiger charge is 2.28. The third kappa shape index (κ3) is 3.95. The van der Waals surface area contributed by atoms with Gasteiger partial charge in [0, 0.05) is 11.7 Å². The van der Waals surface area contributed by atoms with Crippen molar-refractivity contribution in [1.82, 2.24) is 14.3 Å². The standard InChI is InChI=1S/C19H18N4O4S/c24-18(12-23-17-7-2-1-6-16(17)20-11-19(23)25)21-14-4-3-5-15(10-14)28(26,27)22-13-8-9-13/h1-7,10-11,13,22H,8-9,12H2,(H,21,24). The predicted molar refractivity (Wildman–Crippen MR) is 104 cm³/mol. The third-order valence-corrected chi connectivity index (χ3v) is 5.90. The van der Waals surface area contributed by atoms with Crippen molar-refractivity contribution in [3.8, 4) is 0 Å². The summed E-state index contributed by atoms with van der Waals surface area (Å²) in [5.74, 6) is -0.442. The molecule has 0 radical (unpaired) electrons. The van der Waals surface area contributed by atoms with Gasteiger partial charge in [0.2, 0.25) is 15.9 Å². The van der Waals surface area contributed by atoms with Crippen LogP contribution in [0.15, 0.2) is 64.4 Å². The lowest BCUT2D eigenvalue weighted by Crippen LogP contribution is -2.28. The van der Waals surface area contributed by atoms with Crippen LogP contribution in [0, 0.1) is 0 Å². The van der Waals surface area contributed by atoms with Crippen LogP contribution in [-0.4, -0.2) is 29.9 Å². The SMILES string of the molecule is O=C(Cn1c(=O)cnc2ccccc21)Nc1cccc(S(=O)(=O)NC2CC2)c1. The first-order chi connectivity index (χ1) is 13.4. The molecule has 1 saturated carbocycles. The molecule has 0 atom stereocenters. The van der Waals surface area contributed by atoms with Gasteiger partial charge in [0.15, 0.2) is 0 Å². The summed E-state index contributed by atoms with van der Waals surface area (Å²) in [5, 5.41) is 2.65. The van der Waals surface area contributed by atoms with Crippen molar-refractivity contribution in [2.45, 2.75) is 30.3 Å². The molecule has 1 aromatic heterocycles. The van der Waals surface area contributed by atoms with E-state index in [1.54, 1.807) is 36.4 Å². The fourth-order valence-corrected chi connectivity index (χ4v) is 4.20. The Morgan fingerprint density at radius 1 is 1.14 bits per heavy atom. The number of aromatic nitrogens is 2. The number of amides is 1. The van der Waals surface area contributed by atoms with E-state index in [1.165, 1.54) is 22.9 Å². The van der Waals surface area contributed by atoms with E-state index in [-0.39, 0.29) is 23.0 Å². The molecule has 8 nitrogen and oxygen atoms in total. The van der Waals surface area contributed by atoms with Crippen molar-refractivity contribution in [3.63, 3.8) is 0 Å². The molecule has 144 valence electrons. The molecule has 3 aromatic rings. The Labute approximate surface area is 161 Å². The molecule has 1 heterocycles. The van der Waals surface area contributed by atoms with Gasteiger partial charge >= 0.3 is 0 Å². The van der Waals surface area contributed by atoms with Crippen LogP contribution in [0.4, 0.5) is 5.69 Å². The van der Waals surface area contributed by atoms with Crippen molar-refractivity contribution in [2.75, 3.05) is 5.32 Å². The molecule has 0 saturated heterocycles. The van der Waals surface area contributed by atoms with Crippen molar-refractivity contribution in [3.05, 3.63) is 65.1 Å². The highest BCUT2D eigenvalue weighted by Crippen LogP contribution is 2.23. The molecule has 9 heteroatoms. The summed E-state index contributed by atoms with van der Waals surface area (Å²) >= 11 is 0. The van der Waals surface area contributed by atoms with Gasteiger partial charge in [-0.15, -0.1) is 0 Å². The number of nitrogens with zero attached hydrogens (tertiary/aromatic N) is 2. The molecule has 1 aliphatic rings. The topological polar surface area (TPSA) is 110 Å². The van der Waals surface area contributed by atoms with E-state index >= 15 is 0 Å². The summed E-state index contributed by atoms with van der Waals surface area (Å²) in [7, 11) is -3.61. The lowest BCUT2D eigenvalue weighted by atomic mass is 10.3. The minimum Gasteiger partial charge on any atom is -0.324 e. The maximum absolute atomic E-state index is 12.5. The molecule has 0 aliphatic heterocycles. The lowest BCUT2D eigenvalue weighted by Gasteiger charge is -2.11. The molecule has 2 N–H and O–H groups in total. The molecule has 4 rings (SSSR count). The molecule has 1 amide bonds. The number of carbonyl (C=O) groups is 1. The van der Waals surface area contributed by atoms with Crippen LogP contribution in [-0.2, 0) is 21.4 Å². The van der Waals surface area contributed by atoms with Crippen LogP contribution in [0.1, 0.15) is 12.8 Å². The van der Waals surface area contributed by atoms with E-state index in [2.05, 4.69) is 15.0 Å². The first-order valence-electron chi connectivity index (χ1n) is 8.79. The van der Waals surface area contributed by atoms with Gasteiger partial charge in [-0.1, -0.05) is 18.2 Å². The second-order valence-electron chi connectivity index (χ2n) is 6.64. The van der Waals surface area contributed by atoms with Crippen LogP contribution in [0.25, 0.3) is 11.0 Å². The molecular formula is C19H18N4O4S. The first-order valence-corrected chi connectivity index (χ1v) is 10.3. The number of nitrogens with one attached hydrogen (secondary N) is 2. The van der Waals surface area contributed by atoms with Crippen LogP contribution in [0.3, 0.4) is 0 Å². The Morgan fingerprint density at radius 3 is 2.71 bits per heavy atom. The molecule has 0 spiro atoms. The smallest absolute Gasteiger partial charge is 0.269 e. The van der Waals surface area contributed by atoms with E-state index in [4.69, 9.17) is 0 Å². The van der Waals surface area contributed by atoms with E-state index in [9.17, 15) is 18.0 Å². The number of rotatable bonds is 6. The second kappa shape index (κ2) is 7.17. The molecule has 1 fully saturated rings. The molecular weight excluding hydrogens is 380 g/mol. The summed E-state index contributed by atoms with van der Waals surface area (Å²) in [6, 6.07) is 13.1. The minimum atomic E-state index is -3.61. The zero-order valence-corrected chi connectivity index (χ0v) is 15.6. The fraction of sp³-hybridized carbons (Fsp3) is 0.211. The number of sulfonamides is 1. The van der Waals surface area contributed by atoms with Crippen molar-refractivity contribution >= 4 is 32.7 Å². The highest BCUT2D eigenvalue weighted by atomic mass is 32.2. The Bertz CT molecular complexity index is 1220. The van der Waals surface area contributed by atoms with E-state index < -0.39 is 15.9 Å². The quantitative estimate of drug-likeness (QED) is 0.653. The summed E-state index contributed by atoms with van der Waals surface area (Å²) in [6.45, 7) is -0.209. The summed E-state index contributed by atoms with van der Waals surface area (Å²) < 4.78 is 28.6. The lowest BCUT2D eigenvalue weighted by molar-refractivity contribution is -0.116. The highest BCUT2D eigenvalue weighted by molar-refractivity contribution is 7.89. The Kier molecular flexibility index (Phi) is 4.70. The normalized spacial score (nSPS) is 14.1.